The standard InChI is InChI=1S/C10H12Cl3NO.ClH/c11-6-3-4-7(12)10(13)9(6)8(14)2-1-5-15;/h3-4,8,15H,1-2,5,14H2;1H/t8-;/m1./s1. The monoisotopic (exact) mass is 303 g/mol. The molecule has 0 fully saturated rings. The summed E-state index contributed by atoms with van der Waals surface area (Å²) in [6, 6.07) is 3.01. The Morgan fingerprint density at radius 1 is 1.19 bits per heavy atom. The van der Waals surface area contributed by atoms with Gasteiger partial charge in [-0.25, -0.2) is 0 Å². The number of aliphatic hydroxyl groups excluding tert-OH is 1. The topological polar surface area (TPSA) is 46.2 Å². The van der Waals surface area contributed by atoms with Gasteiger partial charge in [0.2, 0.25) is 0 Å². The number of aliphatic hydroxyl groups is 1. The van der Waals surface area contributed by atoms with Crippen LogP contribution in [0, 0.1) is 0 Å². The highest BCUT2D eigenvalue weighted by molar-refractivity contribution is 6.44. The van der Waals surface area contributed by atoms with Crippen molar-refractivity contribution in [2.45, 2.75) is 18.9 Å². The van der Waals surface area contributed by atoms with Gasteiger partial charge in [0, 0.05) is 23.2 Å². The summed E-state index contributed by atoms with van der Waals surface area (Å²) < 4.78 is 0. The summed E-state index contributed by atoms with van der Waals surface area (Å²) >= 11 is 17.9. The third kappa shape index (κ3) is 3.95. The quantitative estimate of drug-likeness (QED) is 0.830. The Morgan fingerprint density at radius 2 is 1.75 bits per heavy atom. The Bertz CT molecular complexity index is 346. The van der Waals surface area contributed by atoms with E-state index in [2.05, 4.69) is 0 Å². The second kappa shape index (κ2) is 7.59. The maximum atomic E-state index is 8.71. The molecule has 0 saturated carbocycles. The molecule has 6 heteroatoms. The molecule has 0 radical (unpaired) electrons. The van der Waals surface area contributed by atoms with Crippen molar-refractivity contribution < 1.29 is 5.11 Å². The van der Waals surface area contributed by atoms with E-state index in [4.69, 9.17) is 45.6 Å². The van der Waals surface area contributed by atoms with Crippen LogP contribution >= 0.6 is 47.2 Å². The fraction of sp³-hybridized carbons (Fsp3) is 0.400. The van der Waals surface area contributed by atoms with Crippen molar-refractivity contribution in [2.24, 2.45) is 5.73 Å². The number of hydrogen-bond acceptors (Lipinski definition) is 2. The highest BCUT2D eigenvalue weighted by atomic mass is 35.5. The van der Waals surface area contributed by atoms with Crippen molar-refractivity contribution in [2.75, 3.05) is 6.61 Å². The Hall–Kier alpha value is 0.300. The van der Waals surface area contributed by atoms with Gasteiger partial charge in [-0.05, 0) is 25.0 Å². The largest absolute Gasteiger partial charge is 0.396 e. The van der Waals surface area contributed by atoms with Gasteiger partial charge in [-0.1, -0.05) is 34.8 Å². The molecule has 0 amide bonds. The number of nitrogens with two attached hydrogens (primary N) is 1. The fourth-order valence-corrected chi connectivity index (χ4v) is 2.15. The van der Waals surface area contributed by atoms with Crippen molar-refractivity contribution in [3.8, 4) is 0 Å². The number of hydrogen-bond donors (Lipinski definition) is 2. The molecule has 1 rings (SSSR count). The lowest BCUT2D eigenvalue weighted by atomic mass is 10.0. The van der Waals surface area contributed by atoms with Gasteiger partial charge in [-0.3, -0.25) is 0 Å². The van der Waals surface area contributed by atoms with Gasteiger partial charge in [-0.2, -0.15) is 0 Å². The van der Waals surface area contributed by atoms with E-state index >= 15 is 0 Å². The summed E-state index contributed by atoms with van der Waals surface area (Å²) in [5.74, 6) is 0. The molecule has 0 aliphatic heterocycles. The Morgan fingerprint density at radius 3 is 2.31 bits per heavy atom. The maximum absolute atomic E-state index is 8.71. The second-order valence-electron chi connectivity index (χ2n) is 3.23. The first-order valence-corrected chi connectivity index (χ1v) is 5.71. The lowest BCUT2D eigenvalue weighted by Gasteiger charge is -2.15. The van der Waals surface area contributed by atoms with Crippen LogP contribution in [0.1, 0.15) is 24.4 Å². The first kappa shape index (κ1) is 16.3. The summed E-state index contributed by atoms with van der Waals surface area (Å²) in [6.45, 7) is 0.101. The van der Waals surface area contributed by atoms with Crippen LogP contribution in [0.3, 0.4) is 0 Å². The van der Waals surface area contributed by atoms with E-state index in [1.165, 1.54) is 0 Å². The maximum Gasteiger partial charge on any atom is 0.0654 e. The molecular weight excluding hydrogens is 292 g/mol. The van der Waals surface area contributed by atoms with Gasteiger partial charge in [0.25, 0.3) is 0 Å². The molecule has 16 heavy (non-hydrogen) atoms. The minimum atomic E-state index is -0.296. The zero-order valence-electron chi connectivity index (χ0n) is 8.42. The van der Waals surface area contributed by atoms with Crippen molar-refractivity contribution >= 4 is 47.2 Å². The van der Waals surface area contributed by atoms with E-state index in [1.807, 2.05) is 0 Å². The Balaban J connectivity index is 0.00000225. The van der Waals surface area contributed by atoms with Crippen LogP contribution in [-0.2, 0) is 0 Å². The van der Waals surface area contributed by atoms with Gasteiger partial charge in [0.1, 0.15) is 0 Å². The van der Waals surface area contributed by atoms with Gasteiger partial charge < -0.3 is 10.8 Å². The molecular formula is C10H13Cl4NO. The van der Waals surface area contributed by atoms with Crippen LogP contribution in [0.4, 0.5) is 0 Å². The smallest absolute Gasteiger partial charge is 0.0654 e. The molecule has 0 heterocycles. The van der Waals surface area contributed by atoms with Crippen LogP contribution in [0.2, 0.25) is 15.1 Å². The minimum absolute atomic E-state index is 0. The van der Waals surface area contributed by atoms with E-state index in [-0.39, 0.29) is 25.1 Å². The zero-order valence-corrected chi connectivity index (χ0v) is 11.5. The van der Waals surface area contributed by atoms with Crippen molar-refractivity contribution in [3.05, 3.63) is 32.8 Å². The first-order valence-electron chi connectivity index (χ1n) is 4.57. The molecule has 0 aliphatic rings. The zero-order chi connectivity index (χ0) is 11.4. The third-order valence-corrected chi connectivity index (χ3v) is 3.27. The van der Waals surface area contributed by atoms with Gasteiger partial charge in [0.15, 0.2) is 0 Å². The molecule has 0 spiro atoms. The molecule has 1 aromatic rings. The van der Waals surface area contributed by atoms with Crippen LogP contribution in [-0.4, -0.2) is 11.7 Å². The first-order chi connectivity index (χ1) is 7.07. The number of rotatable bonds is 4. The third-order valence-electron chi connectivity index (χ3n) is 2.12. The highest BCUT2D eigenvalue weighted by Crippen LogP contribution is 2.36. The lowest BCUT2D eigenvalue weighted by Crippen LogP contribution is -2.12. The minimum Gasteiger partial charge on any atom is -0.396 e. The van der Waals surface area contributed by atoms with Gasteiger partial charge >= 0.3 is 0 Å². The Kier molecular flexibility index (Phi) is 7.73. The second-order valence-corrected chi connectivity index (χ2v) is 4.42. The Labute approximate surface area is 116 Å². The molecule has 92 valence electrons. The van der Waals surface area contributed by atoms with E-state index in [0.29, 0.717) is 33.5 Å². The van der Waals surface area contributed by atoms with E-state index in [0.717, 1.165) is 0 Å². The molecule has 3 N–H and O–H groups in total. The summed E-state index contributed by atoms with van der Waals surface area (Å²) in [4.78, 5) is 0. The van der Waals surface area contributed by atoms with Gasteiger partial charge in [-0.15, -0.1) is 12.4 Å². The molecule has 0 saturated heterocycles. The summed E-state index contributed by atoms with van der Waals surface area (Å²) in [5.41, 5.74) is 6.57. The molecule has 1 atom stereocenters. The fourth-order valence-electron chi connectivity index (χ4n) is 1.34. The van der Waals surface area contributed by atoms with E-state index in [1.54, 1.807) is 12.1 Å². The van der Waals surface area contributed by atoms with Crippen LogP contribution in [0.15, 0.2) is 12.1 Å². The van der Waals surface area contributed by atoms with Crippen LogP contribution < -0.4 is 5.73 Å². The number of benzene rings is 1. The molecule has 0 aromatic heterocycles. The summed E-state index contributed by atoms with van der Waals surface area (Å²) in [5, 5.41) is 10.1. The average molecular weight is 305 g/mol. The molecule has 0 aliphatic carbocycles. The van der Waals surface area contributed by atoms with Crippen LogP contribution in [0.25, 0.3) is 0 Å². The van der Waals surface area contributed by atoms with Crippen molar-refractivity contribution in [1.29, 1.82) is 0 Å². The summed E-state index contributed by atoms with van der Waals surface area (Å²) in [6.07, 6.45) is 1.23. The molecule has 0 bridgehead atoms. The van der Waals surface area contributed by atoms with Crippen molar-refractivity contribution in [3.63, 3.8) is 0 Å². The molecule has 0 unspecified atom stereocenters. The normalized spacial score (nSPS) is 12.1. The van der Waals surface area contributed by atoms with Crippen LogP contribution in [0.5, 0.6) is 0 Å². The predicted molar refractivity (Wildman–Crippen MR) is 72.0 cm³/mol. The highest BCUT2D eigenvalue weighted by Gasteiger charge is 2.16. The molecule has 2 nitrogen and oxygen atoms in total. The average Bonchev–Trinajstić information content (AvgIpc) is 2.21. The van der Waals surface area contributed by atoms with E-state index in [9.17, 15) is 0 Å². The SMILES string of the molecule is Cl.N[C@H](CCCO)c1c(Cl)ccc(Cl)c1Cl. The van der Waals surface area contributed by atoms with Gasteiger partial charge in [0.05, 0.1) is 10.0 Å². The van der Waals surface area contributed by atoms with Crippen molar-refractivity contribution in [1.82, 2.24) is 0 Å². The lowest BCUT2D eigenvalue weighted by molar-refractivity contribution is 0.280. The summed E-state index contributed by atoms with van der Waals surface area (Å²) in [7, 11) is 0. The number of halogens is 4. The predicted octanol–water partition coefficient (Wildman–Crippen LogP) is 3.84. The van der Waals surface area contributed by atoms with E-state index < -0.39 is 0 Å². The molecule has 1 aromatic carbocycles.